The fraction of sp³-hybridized carbons (Fsp3) is 0.500. The molecule has 114 valence electrons. The van der Waals surface area contributed by atoms with E-state index in [-0.39, 0.29) is 11.8 Å². The van der Waals surface area contributed by atoms with Crippen LogP contribution in [0.1, 0.15) is 42.4 Å². The lowest BCUT2D eigenvalue weighted by atomic mass is 9.88. The van der Waals surface area contributed by atoms with Crippen LogP contribution in [0.15, 0.2) is 11.4 Å². The molecule has 3 aliphatic rings. The van der Waals surface area contributed by atoms with Crippen LogP contribution in [0.3, 0.4) is 0 Å². The van der Waals surface area contributed by atoms with Crippen molar-refractivity contribution in [2.24, 2.45) is 5.10 Å². The number of rotatable bonds is 1. The Kier molecular flexibility index (Phi) is 2.34. The van der Waals surface area contributed by atoms with E-state index in [0.29, 0.717) is 6.61 Å². The van der Waals surface area contributed by atoms with Gasteiger partial charge in [0.2, 0.25) is 5.95 Å². The molecule has 0 bridgehead atoms. The number of anilines is 1. The first kappa shape index (κ1) is 12.6. The van der Waals surface area contributed by atoms with Gasteiger partial charge in [0, 0.05) is 16.9 Å². The van der Waals surface area contributed by atoms with Crippen LogP contribution in [0, 0.1) is 0 Å². The molecule has 5 rings (SSSR count). The molecule has 2 aromatic heterocycles. The maximum Gasteiger partial charge on any atom is 0.239 e. The highest BCUT2D eigenvalue weighted by Gasteiger charge is 2.42. The van der Waals surface area contributed by atoms with Crippen molar-refractivity contribution < 1.29 is 4.74 Å². The first-order valence-electron chi connectivity index (χ1n) is 7.46. The zero-order valence-corrected chi connectivity index (χ0v) is 13.2. The van der Waals surface area contributed by atoms with E-state index in [0.717, 1.165) is 18.8 Å². The van der Waals surface area contributed by atoms with Crippen LogP contribution in [-0.4, -0.2) is 26.7 Å². The van der Waals surface area contributed by atoms with Crippen molar-refractivity contribution in [3.8, 4) is 5.00 Å². The van der Waals surface area contributed by atoms with E-state index in [1.807, 2.05) is 4.90 Å². The van der Waals surface area contributed by atoms with E-state index in [1.165, 1.54) is 21.0 Å². The van der Waals surface area contributed by atoms with Gasteiger partial charge in [0.05, 0.1) is 12.2 Å². The van der Waals surface area contributed by atoms with Crippen LogP contribution in [0.25, 0.3) is 5.00 Å². The molecule has 0 aromatic carbocycles. The number of ether oxygens (including phenoxy) is 1. The Morgan fingerprint density at radius 2 is 2.45 bits per heavy atom. The molecule has 7 nitrogen and oxygen atoms in total. The first-order chi connectivity index (χ1) is 10.7. The van der Waals surface area contributed by atoms with Gasteiger partial charge in [0.1, 0.15) is 17.7 Å². The molecular weight excluding hydrogens is 300 g/mol. The van der Waals surface area contributed by atoms with Crippen LogP contribution >= 0.6 is 11.3 Å². The van der Waals surface area contributed by atoms with Crippen molar-refractivity contribution in [1.82, 2.24) is 20.2 Å². The number of hydrazone groups is 1. The molecule has 5 heterocycles. The van der Waals surface area contributed by atoms with Gasteiger partial charge in [-0.05, 0) is 18.9 Å². The highest BCUT2D eigenvalue weighted by atomic mass is 32.1. The Morgan fingerprint density at radius 3 is 3.32 bits per heavy atom. The third-order valence-electron chi connectivity index (χ3n) is 4.87. The van der Waals surface area contributed by atoms with Gasteiger partial charge in [-0.3, -0.25) is 14.9 Å². The monoisotopic (exact) mass is 316 g/mol. The second kappa shape index (κ2) is 4.08. The molecule has 22 heavy (non-hydrogen) atoms. The summed E-state index contributed by atoms with van der Waals surface area (Å²) < 4.78 is 8.16. The molecule has 1 unspecified atom stereocenters. The SMILES string of the molecule is CC[C@]1(C)Cc2c(sc3c2C2NN=CN2c2nncn2-3)CO1. The second-order valence-corrected chi connectivity index (χ2v) is 7.26. The second-order valence-electron chi connectivity index (χ2n) is 6.18. The van der Waals surface area contributed by atoms with E-state index in [2.05, 4.69) is 39.1 Å². The largest absolute Gasteiger partial charge is 0.369 e. The number of nitrogens with one attached hydrogen (secondary N) is 1. The fourth-order valence-electron chi connectivity index (χ4n) is 3.39. The summed E-state index contributed by atoms with van der Waals surface area (Å²) in [5, 5.41) is 13.7. The van der Waals surface area contributed by atoms with Crippen molar-refractivity contribution in [3.63, 3.8) is 0 Å². The molecule has 0 radical (unpaired) electrons. The lowest BCUT2D eigenvalue weighted by Crippen LogP contribution is -2.38. The zero-order valence-electron chi connectivity index (χ0n) is 12.4. The van der Waals surface area contributed by atoms with Crippen LogP contribution in [0.4, 0.5) is 5.95 Å². The Hall–Kier alpha value is -1.93. The molecule has 0 fully saturated rings. The van der Waals surface area contributed by atoms with Gasteiger partial charge in [-0.25, -0.2) is 0 Å². The van der Waals surface area contributed by atoms with Crippen LogP contribution in [0.5, 0.6) is 0 Å². The summed E-state index contributed by atoms with van der Waals surface area (Å²) >= 11 is 1.78. The van der Waals surface area contributed by atoms with Gasteiger partial charge in [-0.2, -0.15) is 5.10 Å². The fourth-order valence-corrected chi connectivity index (χ4v) is 4.62. The van der Waals surface area contributed by atoms with Crippen LogP contribution < -0.4 is 10.3 Å². The summed E-state index contributed by atoms with van der Waals surface area (Å²) in [6, 6.07) is 0. The van der Waals surface area contributed by atoms with Crippen LogP contribution in [-0.2, 0) is 17.8 Å². The van der Waals surface area contributed by atoms with E-state index in [1.54, 1.807) is 24.0 Å². The van der Waals surface area contributed by atoms with Crippen molar-refractivity contribution in [2.75, 3.05) is 4.90 Å². The zero-order chi connectivity index (χ0) is 14.9. The lowest BCUT2D eigenvalue weighted by molar-refractivity contribution is -0.0549. The summed E-state index contributed by atoms with van der Waals surface area (Å²) in [5.41, 5.74) is 5.83. The van der Waals surface area contributed by atoms with Gasteiger partial charge >= 0.3 is 0 Å². The molecule has 0 saturated heterocycles. The third-order valence-corrected chi connectivity index (χ3v) is 6.09. The van der Waals surface area contributed by atoms with Gasteiger partial charge in [-0.1, -0.05) is 6.92 Å². The molecule has 2 atom stereocenters. The molecule has 0 spiro atoms. The normalized spacial score (nSPS) is 27.9. The van der Waals surface area contributed by atoms with Crippen molar-refractivity contribution in [2.45, 2.75) is 45.1 Å². The van der Waals surface area contributed by atoms with E-state index >= 15 is 0 Å². The van der Waals surface area contributed by atoms with Gasteiger partial charge in [0.15, 0.2) is 6.17 Å². The highest BCUT2D eigenvalue weighted by molar-refractivity contribution is 7.15. The Morgan fingerprint density at radius 1 is 1.55 bits per heavy atom. The minimum atomic E-state index is -0.0837. The van der Waals surface area contributed by atoms with Crippen molar-refractivity contribution >= 4 is 23.6 Å². The summed E-state index contributed by atoms with van der Waals surface area (Å²) in [4.78, 5) is 3.35. The molecule has 8 heteroatoms. The minimum Gasteiger partial charge on any atom is -0.369 e. The predicted molar refractivity (Wildman–Crippen MR) is 83.3 cm³/mol. The van der Waals surface area contributed by atoms with Crippen molar-refractivity contribution in [3.05, 3.63) is 22.3 Å². The Balaban J connectivity index is 1.73. The molecule has 0 amide bonds. The van der Waals surface area contributed by atoms with E-state index in [9.17, 15) is 0 Å². The van der Waals surface area contributed by atoms with Gasteiger partial charge in [-0.15, -0.1) is 21.5 Å². The highest BCUT2D eigenvalue weighted by Crippen LogP contribution is 2.47. The molecule has 0 aliphatic carbocycles. The quantitative estimate of drug-likeness (QED) is 0.871. The molecule has 2 aromatic rings. The smallest absolute Gasteiger partial charge is 0.239 e. The van der Waals surface area contributed by atoms with E-state index in [4.69, 9.17) is 4.74 Å². The maximum atomic E-state index is 6.10. The average molecular weight is 316 g/mol. The summed E-state index contributed by atoms with van der Waals surface area (Å²) in [5.74, 6) is 0.809. The maximum absolute atomic E-state index is 6.10. The number of hydrogen-bond donors (Lipinski definition) is 1. The number of nitrogens with zero attached hydrogens (tertiary/aromatic N) is 5. The molecule has 3 aliphatic heterocycles. The number of fused-ring (bicyclic) bond motifs is 8. The third kappa shape index (κ3) is 1.46. The Labute approximate surface area is 131 Å². The molecule has 0 saturated carbocycles. The molecule has 1 N–H and O–H groups in total. The summed E-state index contributed by atoms with van der Waals surface area (Å²) in [7, 11) is 0. The topological polar surface area (TPSA) is 67.6 Å². The lowest BCUT2D eigenvalue weighted by Gasteiger charge is -2.35. The number of hydrogen-bond acceptors (Lipinski definition) is 7. The minimum absolute atomic E-state index is 0.0194. The number of aromatic nitrogens is 3. The van der Waals surface area contributed by atoms with Gasteiger partial charge in [0.25, 0.3) is 0 Å². The van der Waals surface area contributed by atoms with Crippen LogP contribution in [0.2, 0.25) is 0 Å². The average Bonchev–Trinajstić information content (AvgIpc) is 3.22. The summed E-state index contributed by atoms with van der Waals surface area (Å²) in [6.45, 7) is 5.07. The predicted octanol–water partition coefficient (Wildman–Crippen LogP) is 1.94. The summed E-state index contributed by atoms with van der Waals surface area (Å²) in [6.07, 6.45) is 5.53. The molecular formula is C14H16N6OS. The standard InChI is InChI=1S/C14H16N6OS/c1-3-14(2)4-8-9(5-21-14)22-12-10(8)11-17-15-6-19(11)13-18-16-7-20(12)13/h6-7,11,17H,3-5H2,1-2H3/t11?,14-/m1/s1. The van der Waals surface area contributed by atoms with E-state index < -0.39 is 0 Å². The van der Waals surface area contributed by atoms with Gasteiger partial charge < -0.3 is 4.74 Å². The number of thiophene rings is 1. The Bertz CT molecular complexity index is 795. The van der Waals surface area contributed by atoms with Crippen molar-refractivity contribution in [1.29, 1.82) is 0 Å². The first-order valence-corrected chi connectivity index (χ1v) is 8.28.